The van der Waals surface area contributed by atoms with E-state index in [4.69, 9.17) is 4.74 Å². The molecule has 1 aromatic carbocycles. The number of aliphatic carboxylic acids is 1. The quantitative estimate of drug-likeness (QED) is 0.552. The average Bonchev–Trinajstić information content (AvgIpc) is 2.62. The second kappa shape index (κ2) is 10.2. The van der Waals surface area contributed by atoms with Crippen molar-refractivity contribution in [2.75, 3.05) is 7.11 Å². The Morgan fingerprint density at radius 1 is 1.19 bits per heavy atom. The van der Waals surface area contributed by atoms with Crippen molar-refractivity contribution in [1.29, 1.82) is 0 Å². The molecule has 1 aromatic rings. The van der Waals surface area contributed by atoms with Crippen molar-refractivity contribution < 1.29 is 24.2 Å². The monoisotopic (exact) mass is 362 g/mol. The van der Waals surface area contributed by atoms with Gasteiger partial charge in [-0.15, -0.1) is 6.58 Å². The van der Waals surface area contributed by atoms with Crippen LogP contribution < -0.4 is 15.4 Å². The van der Waals surface area contributed by atoms with E-state index in [9.17, 15) is 19.5 Å². The molecule has 0 spiro atoms. The Bertz CT molecular complexity index is 640. The number of rotatable bonds is 10. The van der Waals surface area contributed by atoms with Crippen molar-refractivity contribution in [1.82, 2.24) is 10.6 Å². The molecule has 26 heavy (non-hydrogen) atoms. The summed E-state index contributed by atoms with van der Waals surface area (Å²) in [6, 6.07) is 4.60. The van der Waals surface area contributed by atoms with Gasteiger partial charge in [0.2, 0.25) is 5.91 Å². The minimum Gasteiger partial charge on any atom is -0.497 e. The Morgan fingerprint density at radius 2 is 1.81 bits per heavy atom. The number of amides is 2. The topological polar surface area (TPSA) is 105 Å². The molecule has 1 rings (SSSR count). The molecule has 0 fully saturated rings. The van der Waals surface area contributed by atoms with Gasteiger partial charge in [-0.1, -0.05) is 19.9 Å². The zero-order valence-electron chi connectivity index (χ0n) is 15.3. The van der Waals surface area contributed by atoms with Gasteiger partial charge in [0.1, 0.15) is 17.8 Å². The SMILES string of the molecule is C=CCCC(NC(=O)C(NC(=O)c1ccc(OC)cc1)C(C)C)C(=O)O. The molecule has 0 saturated carbocycles. The third-order valence-electron chi connectivity index (χ3n) is 3.86. The van der Waals surface area contributed by atoms with Crippen LogP contribution in [0.1, 0.15) is 37.0 Å². The maximum Gasteiger partial charge on any atom is 0.326 e. The molecule has 7 nitrogen and oxygen atoms in total. The highest BCUT2D eigenvalue weighted by molar-refractivity contribution is 5.98. The molecule has 2 atom stereocenters. The van der Waals surface area contributed by atoms with E-state index in [1.165, 1.54) is 7.11 Å². The molecule has 0 radical (unpaired) electrons. The molecular formula is C19H26N2O5. The van der Waals surface area contributed by atoms with Crippen molar-refractivity contribution in [3.05, 3.63) is 42.5 Å². The minimum atomic E-state index is -1.12. The van der Waals surface area contributed by atoms with Crippen molar-refractivity contribution in [3.8, 4) is 5.75 Å². The van der Waals surface area contributed by atoms with Gasteiger partial charge in [-0.25, -0.2) is 4.79 Å². The molecule has 2 unspecified atom stereocenters. The number of benzene rings is 1. The summed E-state index contributed by atoms with van der Waals surface area (Å²) in [5, 5.41) is 14.4. The number of allylic oxidation sites excluding steroid dienone is 1. The van der Waals surface area contributed by atoms with Gasteiger partial charge in [-0.2, -0.15) is 0 Å². The Morgan fingerprint density at radius 3 is 2.27 bits per heavy atom. The molecular weight excluding hydrogens is 336 g/mol. The van der Waals surface area contributed by atoms with Crippen molar-refractivity contribution in [3.63, 3.8) is 0 Å². The fourth-order valence-corrected chi connectivity index (χ4v) is 2.31. The van der Waals surface area contributed by atoms with Crippen molar-refractivity contribution in [2.24, 2.45) is 5.92 Å². The summed E-state index contributed by atoms with van der Waals surface area (Å²) in [5.74, 6) is -1.67. The summed E-state index contributed by atoms with van der Waals surface area (Å²) in [7, 11) is 1.53. The summed E-state index contributed by atoms with van der Waals surface area (Å²) in [5.41, 5.74) is 0.380. The number of carboxylic acids is 1. The van der Waals surface area contributed by atoms with Gasteiger partial charge in [0.05, 0.1) is 7.11 Å². The first-order valence-corrected chi connectivity index (χ1v) is 8.39. The zero-order chi connectivity index (χ0) is 19.7. The molecule has 0 saturated heterocycles. The normalized spacial score (nSPS) is 12.8. The van der Waals surface area contributed by atoms with Crippen LogP contribution >= 0.6 is 0 Å². The smallest absolute Gasteiger partial charge is 0.326 e. The number of carbonyl (C=O) groups is 3. The molecule has 3 N–H and O–H groups in total. The Hall–Kier alpha value is -2.83. The zero-order valence-corrected chi connectivity index (χ0v) is 15.3. The standard InChI is InChI=1S/C19H26N2O5/c1-5-6-7-15(19(24)25)20-18(23)16(12(2)3)21-17(22)13-8-10-14(26-4)11-9-13/h5,8-12,15-16H,1,6-7H2,2-4H3,(H,20,23)(H,21,22)(H,24,25). The average molecular weight is 362 g/mol. The van der Waals surface area contributed by atoms with Gasteiger partial charge >= 0.3 is 5.97 Å². The van der Waals surface area contributed by atoms with Gasteiger partial charge in [0.15, 0.2) is 0 Å². The van der Waals surface area contributed by atoms with Crippen LogP contribution in [-0.4, -0.2) is 42.1 Å². The van der Waals surface area contributed by atoms with Gasteiger partial charge in [0.25, 0.3) is 5.91 Å². The van der Waals surface area contributed by atoms with Gasteiger partial charge in [-0.05, 0) is 43.0 Å². The lowest BCUT2D eigenvalue weighted by molar-refractivity contribution is -0.142. The Labute approximate surface area is 153 Å². The third kappa shape index (κ3) is 6.23. The van der Waals surface area contributed by atoms with Gasteiger partial charge in [0, 0.05) is 5.56 Å². The highest BCUT2D eigenvalue weighted by Crippen LogP contribution is 2.12. The lowest BCUT2D eigenvalue weighted by Crippen LogP contribution is -2.53. The second-order valence-electron chi connectivity index (χ2n) is 6.19. The van der Waals surface area contributed by atoms with Crippen LogP contribution in [0.25, 0.3) is 0 Å². The maximum atomic E-state index is 12.5. The molecule has 2 amide bonds. The summed E-state index contributed by atoms with van der Waals surface area (Å²) in [6.45, 7) is 7.10. The van der Waals surface area contributed by atoms with E-state index in [1.54, 1.807) is 44.2 Å². The summed E-state index contributed by atoms with van der Waals surface area (Å²) >= 11 is 0. The molecule has 0 bridgehead atoms. The first-order valence-electron chi connectivity index (χ1n) is 8.39. The first-order chi connectivity index (χ1) is 12.3. The number of ether oxygens (including phenoxy) is 1. The van der Waals surface area contributed by atoms with Crippen LogP contribution in [0.3, 0.4) is 0 Å². The van der Waals surface area contributed by atoms with Crippen LogP contribution in [0.5, 0.6) is 5.75 Å². The van der Waals surface area contributed by atoms with Crippen LogP contribution in [0.15, 0.2) is 36.9 Å². The second-order valence-corrected chi connectivity index (χ2v) is 6.19. The largest absolute Gasteiger partial charge is 0.497 e. The minimum absolute atomic E-state index is 0.217. The fourth-order valence-electron chi connectivity index (χ4n) is 2.31. The van der Waals surface area contributed by atoms with Gasteiger partial charge in [-0.3, -0.25) is 9.59 Å². The molecule has 0 aliphatic carbocycles. The van der Waals surface area contributed by atoms with E-state index in [2.05, 4.69) is 17.2 Å². The van der Waals surface area contributed by atoms with E-state index in [-0.39, 0.29) is 12.3 Å². The predicted molar refractivity (Wildman–Crippen MR) is 98.1 cm³/mol. The molecule has 7 heteroatoms. The van der Waals surface area contributed by atoms with Crippen LogP contribution in [0, 0.1) is 5.92 Å². The first kappa shape index (κ1) is 21.2. The van der Waals surface area contributed by atoms with E-state index in [0.717, 1.165) is 0 Å². The third-order valence-corrected chi connectivity index (χ3v) is 3.86. The summed E-state index contributed by atoms with van der Waals surface area (Å²) < 4.78 is 5.05. The Balaban J connectivity index is 2.82. The summed E-state index contributed by atoms with van der Waals surface area (Å²) in [6.07, 6.45) is 2.29. The number of carbonyl (C=O) groups excluding carboxylic acids is 2. The van der Waals surface area contributed by atoms with E-state index in [1.807, 2.05) is 0 Å². The molecule has 0 aromatic heterocycles. The fraction of sp³-hybridized carbons (Fsp3) is 0.421. The summed E-state index contributed by atoms with van der Waals surface area (Å²) in [4.78, 5) is 36.2. The number of hydrogen-bond donors (Lipinski definition) is 3. The molecule has 0 heterocycles. The van der Waals surface area contributed by atoms with Crippen LogP contribution in [0.4, 0.5) is 0 Å². The lowest BCUT2D eigenvalue weighted by atomic mass is 10.0. The number of carboxylic acid groups (broad SMARTS) is 1. The van der Waals surface area contributed by atoms with Crippen LogP contribution in [0.2, 0.25) is 0 Å². The molecule has 0 aliphatic heterocycles. The van der Waals surface area contributed by atoms with Gasteiger partial charge < -0.3 is 20.5 Å². The maximum absolute atomic E-state index is 12.5. The predicted octanol–water partition coefficient (Wildman–Crippen LogP) is 1.99. The molecule has 0 aliphatic rings. The molecule has 142 valence electrons. The number of methoxy groups -OCH3 is 1. The van der Waals surface area contributed by atoms with E-state index >= 15 is 0 Å². The highest BCUT2D eigenvalue weighted by atomic mass is 16.5. The van der Waals surface area contributed by atoms with E-state index < -0.39 is 29.9 Å². The number of nitrogens with one attached hydrogen (secondary N) is 2. The number of hydrogen-bond acceptors (Lipinski definition) is 4. The van der Waals surface area contributed by atoms with Crippen molar-refractivity contribution >= 4 is 17.8 Å². The van der Waals surface area contributed by atoms with E-state index in [0.29, 0.717) is 17.7 Å². The Kier molecular flexibility index (Phi) is 8.34. The lowest BCUT2D eigenvalue weighted by Gasteiger charge is -2.24. The van der Waals surface area contributed by atoms with Crippen molar-refractivity contribution in [2.45, 2.75) is 38.8 Å². The van der Waals surface area contributed by atoms with Crippen LogP contribution in [-0.2, 0) is 9.59 Å². The highest BCUT2D eigenvalue weighted by Gasteiger charge is 2.28.